The van der Waals surface area contributed by atoms with Gasteiger partial charge in [0.25, 0.3) is 0 Å². The summed E-state index contributed by atoms with van der Waals surface area (Å²) in [4.78, 5) is 12.9. The number of Topliss-reactive ketones (excluding diaryl/α,β-unsaturated/α-hetero) is 1. The molecule has 0 saturated heterocycles. The Morgan fingerprint density at radius 1 is 1.10 bits per heavy atom. The molecule has 0 aliphatic carbocycles. The Balaban J connectivity index is 1.38. The van der Waals surface area contributed by atoms with Crippen LogP contribution >= 0.6 is 27.5 Å². The second-order valence-corrected chi connectivity index (χ2v) is 8.46. The lowest BCUT2D eigenvalue weighted by molar-refractivity contribution is -0.0165. The zero-order chi connectivity index (χ0) is 21.4. The number of ketones is 1. The Morgan fingerprint density at radius 3 is 2.77 bits per heavy atom. The van der Waals surface area contributed by atoms with Crippen LogP contribution in [0.3, 0.4) is 0 Å². The first kappa shape index (κ1) is 20.1. The zero-order valence-corrected chi connectivity index (χ0v) is 18.5. The molecule has 156 valence electrons. The van der Waals surface area contributed by atoms with Gasteiger partial charge in [0.2, 0.25) is 5.78 Å². The molecule has 0 atom stereocenters. The summed E-state index contributed by atoms with van der Waals surface area (Å²) >= 11 is 9.41. The highest BCUT2D eigenvalue weighted by Crippen LogP contribution is 2.38. The molecule has 0 radical (unpaired) electrons. The van der Waals surface area contributed by atoms with Crippen molar-refractivity contribution >= 4 is 39.4 Å². The van der Waals surface area contributed by atoms with Gasteiger partial charge in [0, 0.05) is 26.7 Å². The summed E-state index contributed by atoms with van der Waals surface area (Å²) in [5, 5.41) is 0.678. The van der Waals surface area contributed by atoms with Gasteiger partial charge in [-0.3, -0.25) is 4.79 Å². The largest absolute Gasteiger partial charge is 0.489 e. The van der Waals surface area contributed by atoms with Crippen molar-refractivity contribution in [3.63, 3.8) is 0 Å². The summed E-state index contributed by atoms with van der Waals surface area (Å²) in [6.07, 6.45) is 1.70. The monoisotopic (exact) mass is 498 g/mol. The Hall–Kier alpha value is -2.80. The molecule has 2 aliphatic rings. The molecule has 2 aliphatic heterocycles. The number of hydrogen-bond donors (Lipinski definition) is 0. The summed E-state index contributed by atoms with van der Waals surface area (Å²) in [6.45, 7) is 1.01. The summed E-state index contributed by atoms with van der Waals surface area (Å²) in [5.41, 5.74) is 3.15. The van der Waals surface area contributed by atoms with E-state index in [-0.39, 0.29) is 18.3 Å². The molecule has 0 unspecified atom stereocenters. The van der Waals surface area contributed by atoms with E-state index in [1.54, 1.807) is 24.3 Å². The summed E-state index contributed by atoms with van der Waals surface area (Å²) < 4.78 is 23.6. The third kappa shape index (κ3) is 4.19. The Bertz CT molecular complexity index is 1200. The van der Waals surface area contributed by atoms with Crippen LogP contribution in [0.2, 0.25) is 5.02 Å². The molecule has 0 spiro atoms. The van der Waals surface area contributed by atoms with Crippen LogP contribution in [0.4, 0.5) is 0 Å². The lowest BCUT2D eigenvalue weighted by Gasteiger charge is -2.20. The van der Waals surface area contributed by atoms with Crippen LogP contribution in [0, 0.1) is 0 Å². The number of carbonyl (C=O) groups excluding carboxylic acids is 1. The van der Waals surface area contributed by atoms with Crippen molar-refractivity contribution in [3.8, 4) is 17.2 Å². The molecule has 0 fully saturated rings. The van der Waals surface area contributed by atoms with E-state index in [2.05, 4.69) is 15.9 Å². The average Bonchev–Trinajstić information content (AvgIpc) is 3.08. The average molecular weight is 500 g/mol. The van der Waals surface area contributed by atoms with E-state index in [0.717, 1.165) is 21.2 Å². The SMILES string of the molecule is O=C1C(=Cc2cc(Br)cc3c2OCOC3)Oc2cc(OCc3ccc(Cl)cc3)ccc21. The molecule has 0 N–H and O–H groups in total. The Kier molecular flexibility index (Phi) is 5.44. The first-order valence-electron chi connectivity index (χ1n) is 9.55. The first-order chi connectivity index (χ1) is 15.1. The lowest BCUT2D eigenvalue weighted by atomic mass is 10.1. The van der Waals surface area contributed by atoms with Crippen LogP contribution in [-0.4, -0.2) is 12.6 Å². The van der Waals surface area contributed by atoms with Gasteiger partial charge in [0.1, 0.15) is 23.9 Å². The number of rotatable bonds is 4. The van der Waals surface area contributed by atoms with Crippen LogP contribution in [-0.2, 0) is 18.0 Å². The maximum absolute atomic E-state index is 12.9. The minimum absolute atomic E-state index is 0.175. The number of carbonyl (C=O) groups is 1. The number of fused-ring (bicyclic) bond motifs is 2. The zero-order valence-electron chi connectivity index (χ0n) is 16.2. The number of benzene rings is 3. The van der Waals surface area contributed by atoms with Crippen LogP contribution in [0.25, 0.3) is 6.08 Å². The molecule has 5 nitrogen and oxygen atoms in total. The minimum Gasteiger partial charge on any atom is -0.489 e. The lowest BCUT2D eigenvalue weighted by Crippen LogP contribution is -2.12. The predicted octanol–water partition coefficient (Wildman–Crippen LogP) is 6.16. The normalized spacial score (nSPS) is 15.8. The Labute approximate surface area is 192 Å². The van der Waals surface area contributed by atoms with Gasteiger partial charge in [-0.05, 0) is 48.0 Å². The highest BCUT2D eigenvalue weighted by Gasteiger charge is 2.28. The van der Waals surface area contributed by atoms with Gasteiger partial charge >= 0.3 is 0 Å². The van der Waals surface area contributed by atoms with Crippen LogP contribution in [0.1, 0.15) is 27.0 Å². The molecule has 0 amide bonds. The summed E-state index contributed by atoms with van der Waals surface area (Å²) in [7, 11) is 0. The third-order valence-electron chi connectivity index (χ3n) is 4.95. The van der Waals surface area contributed by atoms with Crippen LogP contribution < -0.4 is 14.2 Å². The van der Waals surface area contributed by atoms with Gasteiger partial charge in [0.05, 0.1) is 12.2 Å². The molecule has 3 aromatic carbocycles. The molecule has 0 aromatic heterocycles. The topological polar surface area (TPSA) is 54.0 Å². The fourth-order valence-electron chi connectivity index (χ4n) is 3.46. The van der Waals surface area contributed by atoms with Crippen molar-refractivity contribution in [2.45, 2.75) is 13.2 Å². The number of halogens is 2. The smallest absolute Gasteiger partial charge is 0.231 e. The molecule has 0 saturated carbocycles. The predicted molar refractivity (Wildman–Crippen MR) is 120 cm³/mol. The molecule has 2 heterocycles. The highest BCUT2D eigenvalue weighted by atomic mass is 79.9. The van der Waals surface area contributed by atoms with E-state index in [1.807, 2.05) is 36.4 Å². The highest BCUT2D eigenvalue weighted by molar-refractivity contribution is 9.10. The molecule has 7 heteroatoms. The van der Waals surface area contributed by atoms with Crippen molar-refractivity contribution in [2.75, 3.05) is 6.79 Å². The van der Waals surface area contributed by atoms with Crippen LogP contribution in [0.5, 0.6) is 17.2 Å². The van der Waals surface area contributed by atoms with Gasteiger partial charge in [-0.25, -0.2) is 0 Å². The number of allylic oxidation sites excluding steroid dienone is 1. The van der Waals surface area contributed by atoms with Gasteiger partial charge < -0.3 is 18.9 Å². The molecular weight excluding hydrogens is 484 g/mol. The third-order valence-corrected chi connectivity index (χ3v) is 5.66. The molecule has 5 rings (SSSR count). The molecule has 3 aromatic rings. The van der Waals surface area contributed by atoms with Crippen LogP contribution in [0.15, 0.2) is 64.8 Å². The van der Waals surface area contributed by atoms with Crippen molar-refractivity contribution in [1.29, 1.82) is 0 Å². The second-order valence-electron chi connectivity index (χ2n) is 7.11. The number of hydrogen-bond acceptors (Lipinski definition) is 5. The fourth-order valence-corrected chi connectivity index (χ4v) is 4.11. The van der Waals surface area contributed by atoms with Gasteiger partial charge in [-0.1, -0.05) is 39.7 Å². The first-order valence-corrected chi connectivity index (χ1v) is 10.7. The number of ether oxygens (including phenoxy) is 4. The van der Waals surface area contributed by atoms with E-state index < -0.39 is 0 Å². The van der Waals surface area contributed by atoms with Gasteiger partial charge in [-0.15, -0.1) is 0 Å². The molecule has 0 bridgehead atoms. The van der Waals surface area contributed by atoms with E-state index in [4.69, 9.17) is 30.5 Å². The van der Waals surface area contributed by atoms with Crippen molar-refractivity contribution in [3.05, 3.63) is 92.1 Å². The molecule has 31 heavy (non-hydrogen) atoms. The fraction of sp³-hybridized carbons (Fsp3) is 0.125. The second kappa shape index (κ2) is 8.38. The van der Waals surface area contributed by atoms with E-state index in [1.165, 1.54) is 0 Å². The van der Waals surface area contributed by atoms with Crippen molar-refractivity contribution < 1.29 is 23.7 Å². The maximum Gasteiger partial charge on any atom is 0.231 e. The summed E-state index contributed by atoms with van der Waals surface area (Å²) in [6, 6.07) is 16.5. The maximum atomic E-state index is 12.9. The summed E-state index contributed by atoms with van der Waals surface area (Å²) in [5.74, 6) is 1.84. The Morgan fingerprint density at radius 2 is 1.94 bits per heavy atom. The van der Waals surface area contributed by atoms with Crippen molar-refractivity contribution in [1.82, 2.24) is 0 Å². The minimum atomic E-state index is -0.181. The van der Waals surface area contributed by atoms with E-state index >= 15 is 0 Å². The quantitative estimate of drug-likeness (QED) is 0.402. The van der Waals surface area contributed by atoms with Gasteiger partial charge in [0.15, 0.2) is 12.6 Å². The standard InChI is InChI=1S/C24H16BrClO5/c25-17-7-15(24-16(8-17)12-28-13-30-24)9-22-23(27)20-6-5-19(10-21(20)31-22)29-11-14-1-3-18(26)4-2-14/h1-10H,11-13H2. The van der Waals surface area contributed by atoms with Crippen molar-refractivity contribution in [2.24, 2.45) is 0 Å². The molecular formula is C24H16BrClO5. The van der Waals surface area contributed by atoms with Gasteiger partial charge in [-0.2, -0.15) is 0 Å². The van der Waals surface area contributed by atoms with E-state index in [9.17, 15) is 4.79 Å². The van der Waals surface area contributed by atoms with E-state index in [0.29, 0.717) is 41.0 Å².